The van der Waals surface area contributed by atoms with Crippen molar-refractivity contribution in [2.75, 3.05) is 43.1 Å². The SMILES string of the molecule is C[C@H]1C[C@@H]1C(=O)OCC(=O)Nc1cc(C(F)(F)F)ccc1N1CCOCC1. The topological polar surface area (TPSA) is 67.9 Å². The average Bonchev–Trinajstić information content (AvgIpc) is 3.36. The highest BCUT2D eigenvalue weighted by Crippen LogP contribution is 2.38. The molecule has 9 heteroatoms. The maximum absolute atomic E-state index is 13.0. The van der Waals surface area contributed by atoms with Crippen molar-refractivity contribution in [2.24, 2.45) is 11.8 Å². The largest absolute Gasteiger partial charge is 0.455 e. The average molecular weight is 386 g/mol. The molecule has 148 valence electrons. The van der Waals surface area contributed by atoms with Gasteiger partial charge in [0.05, 0.1) is 36.1 Å². The monoisotopic (exact) mass is 386 g/mol. The van der Waals surface area contributed by atoms with Crippen molar-refractivity contribution in [1.29, 1.82) is 0 Å². The summed E-state index contributed by atoms with van der Waals surface area (Å²) in [6, 6.07) is 3.21. The van der Waals surface area contributed by atoms with E-state index >= 15 is 0 Å². The first-order valence-corrected chi connectivity index (χ1v) is 8.76. The zero-order valence-corrected chi connectivity index (χ0v) is 14.8. The Balaban J connectivity index is 1.72. The first kappa shape index (κ1) is 19.5. The minimum atomic E-state index is -4.53. The van der Waals surface area contributed by atoms with E-state index in [-0.39, 0.29) is 17.5 Å². The van der Waals surface area contributed by atoms with Crippen LogP contribution in [0.3, 0.4) is 0 Å². The molecule has 1 heterocycles. The van der Waals surface area contributed by atoms with Gasteiger partial charge in [0.1, 0.15) is 0 Å². The Bertz CT molecular complexity index is 717. The van der Waals surface area contributed by atoms with Crippen LogP contribution in [0.4, 0.5) is 24.5 Å². The molecule has 1 aromatic rings. The van der Waals surface area contributed by atoms with E-state index in [1.165, 1.54) is 6.07 Å². The Hall–Kier alpha value is -2.29. The smallest absolute Gasteiger partial charge is 0.416 e. The number of hydrogen-bond donors (Lipinski definition) is 1. The summed E-state index contributed by atoms with van der Waals surface area (Å²) in [6.07, 6.45) is -3.80. The summed E-state index contributed by atoms with van der Waals surface area (Å²) in [6.45, 7) is 3.28. The van der Waals surface area contributed by atoms with E-state index in [1.807, 2.05) is 11.8 Å². The number of alkyl halides is 3. The molecule has 1 aliphatic heterocycles. The molecule has 1 saturated heterocycles. The maximum Gasteiger partial charge on any atom is 0.416 e. The van der Waals surface area contributed by atoms with Gasteiger partial charge in [-0.3, -0.25) is 9.59 Å². The molecule has 1 amide bonds. The van der Waals surface area contributed by atoms with Crippen molar-refractivity contribution < 1.29 is 32.2 Å². The Morgan fingerprint density at radius 1 is 1.30 bits per heavy atom. The van der Waals surface area contributed by atoms with Crippen LogP contribution in [0, 0.1) is 11.8 Å². The number of hydrogen-bond acceptors (Lipinski definition) is 5. The molecule has 1 aliphatic carbocycles. The lowest BCUT2D eigenvalue weighted by molar-refractivity contribution is -0.148. The van der Waals surface area contributed by atoms with E-state index in [9.17, 15) is 22.8 Å². The summed E-state index contributed by atoms with van der Waals surface area (Å²) in [7, 11) is 0. The van der Waals surface area contributed by atoms with Crippen molar-refractivity contribution in [3.05, 3.63) is 23.8 Å². The zero-order valence-electron chi connectivity index (χ0n) is 14.8. The van der Waals surface area contributed by atoms with Crippen LogP contribution in [0.1, 0.15) is 18.9 Å². The zero-order chi connectivity index (χ0) is 19.6. The molecule has 0 radical (unpaired) electrons. The predicted molar refractivity (Wildman–Crippen MR) is 91.3 cm³/mol. The van der Waals surface area contributed by atoms with Gasteiger partial charge in [-0.15, -0.1) is 0 Å². The minimum Gasteiger partial charge on any atom is -0.455 e. The Morgan fingerprint density at radius 3 is 2.56 bits per heavy atom. The Labute approximate surface area is 154 Å². The second-order valence-electron chi connectivity index (χ2n) is 6.80. The van der Waals surface area contributed by atoms with E-state index in [2.05, 4.69) is 5.32 Å². The molecule has 6 nitrogen and oxygen atoms in total. The Morgan fingerprint density at radius 2 is 1.96 bits per heavy atom. The molecule has 0 aromatic heterocycles. The van der Waals surface area contributed by atoms with Gasteiger partial charge in [0.15, 0.2) is 6.61 Å². The molecule has 1 saturated carbocycles. The quantitative estimate of drug-likeness (QED) is 0.788. The first-order chi connectivity index (χ1) is 12.8. The number of morpholine rings is 1. The lowest BCUT2D eigenvalue weighted by atomic mass is 10.1. The molecule has 2 atom stereocenters. The third-order valence-electron chi connectivity index (χ3n) is 4.71. The van der Waals surface area contributed by atoms with Crippen molar-refractivity contribution in [1.82, 2.24) is 0 Å². The van der Waals surface area contributed by atoms with Crippen LogP contribution in [0.2, 0.25) is 0 Å². The van der Waals surface area contributed by atoms with Gasteiger partial charge in [-0.2, -0.15) is 13.2 Å². The van der Waals surface area contributed by atoms with E-state index < -0.39 is 30.2 Å². The molecule has 2 aliphatic rings. The molecule has 27 heavy (non-hydrogen) atoms. The van der Waals surface area contributed by atoms with Crippen LogP contribution in [0.5, 0.6) is 0 Å². The summed E-state index contributed by atoms with van der Waals surface area (Å²) in [5.41, 5.74) is -0.354. The van der Waals surface area contributed by atoms with E-state index in [1.54, 1.807) is 0 Å². The van der Waals surface area contributed by atoms with Gasteiger partial charge in [0.2, 0.25) is 0 Å². The van der Waals surface area contributed by atoms with Crippen LogP contribution < -0.4 is 10.2 Å². The van der Waals surface area contributed by atoms with Crippen molar-refractivity contribution >= 4 is 23.3 Å². The fourth-order valence-electron chi connectivity index (χ4n) is 2.97. The summed E-state index contributed by atoms with van der Waals surface area (Å²) < 4.78 is 49.4. The second kappa shape index (κ2) is 7.75. The summed E-state index contributed by atoms with van der Waals surface area (Å²) in [5.74, 6) is -1.06. The standard InChI is InChI=1S/C18H21F3N2O4/c1-11-8-13(11)17(25)27-10-16(24)22-14-9-12(18(19,20)21)2-3-15(14)23-4-6-26-7-5-23/h2-3,9,11,13H,4-8,10H2,1H3,(H,22,24)/t11-,13-/m0/s1. The van der Waals surface area contributed by atoms with Crippen molar-refractivity contribution in [3.63, 3.8) is 0 Å². The number of halogens is 3. The van der Waals surface area contributed by atoms with E-state index in [0.717, 1.165) is 18.6 Å². The molecule has 3 rings (SSSR count). The van der Waals surface area contributed by atoms with Crippen LogP contribution in [-0.4, -0.2) is 44.8 Å². The molecule has 0 spiro atoms. The molecule has 0 unspecified atom stereocenters. The second-order valence-corrected chi connectivity index (χ2v) is 6.80. The normalized spacial score (nSPS) is 22.3. The molecule has 0 bridgehead atoms. The minimum absolute atomic E-state index is 0.0348. The van der Waals surface area contributed by atoms with Crippen LogP contribution in [0.25, 0.3) is 0 Å². The summed E-state index contributed by atoms with van der Waals surface area (Å²) in [5, 5.41) is 2.45. The molecule has 1 N–H and O–H groups in total. The fourth-order valence-corrected chi connectivity index (χ4v) is 2.97. The van der Waals surface area contributed by atoms with Gasteiger partial charge in [0, 0.05) is 13.1 Å². The predicted octanol–water partition coefficient (Wildman–Crippen LogP) is 2.68. The van der Waals surface area contributed by atoms with Crippen LogP contribution in [-0.2, 0) is 25.2 Å². The number of benzene rings is 1. The first-order valence-electron chi connectivity index (χ1n) is 8.76. The van der Waals surface area contributed by atoms with Gasteiger partial charge >= 0.3 is 12.1 Å². The highest BCUT2D eigenvalue weighted by molar-refractivity contribution is 5.96. The lowest BCUT2D eigenvalue weighted by Gasteiger charge is -2.31. The van der Waals surface area contributed by atoms with Gasteiger partial charge in [-0.05, 0) is 30.5 Å². The highest BCUT2D eigenvalue weighted by Gasteiger charge is 2.40. The molecular weight excluding hydrogens is 365 g/mol. The Kier molecular flexibility index (Phi) is 5.59. The van der Waals surface area contributed by atoms with Gasteiger partial charge in [-0.1, -0.05) is 6.92 Å². The summed E-state index contributed by atoms with van der Waals surface area (Å²) >= 11 is 0. The van der Waals surface area contributed by atoms with Crippen LogP contribution in [0.15, 0.2) is 18.2 Å². The van der Waals surface area contributed by atoms with Gasteiger partial charge in [-0.25, -0.2) is 0 Å². The number of nitrogens with zero attached hydrogens (tertiary/aromatic N) is 1. The highest BCUT2D eigenvalue weighted by atomic mass is 19.4. The third kappa shape index (κ3) is 4.91. The van der Waals surface area contributed by atoms with Gasteiger partial charge < -0.3 is 19.7 Å². The molecular formula is C18H21F3N2O4. The van der Waals surface area contributed by atoms with E-state index in [4.69, 9.17) is 9.47 Å². The van der Waals surface area contributed by atoms with Crippen molar-refractivity contribution in [2.45, 2.75) is 19.5 Å². The molecule has 1 aromatic carbocycles. The number of nitrogens with one attached hydrogen (secondary N) is 1. The third-order valence-corrected chi connectivity index (χ3v) is 4.71. The number of esters is 1. The number of amides is 1. The maximum atomic E-state index is 13.0. The number of anilines is 2. The fraction of sp³-hybridized carbons (Fsp3) is 0.556. The number of carbonyl (C=O) groups excluding carboxylic acids is 2. The number of ether oxygens (including phenoxy) is 2. The number of carbonyl (C=O) groups is 2. The number of rotatable bonds is 5. The van der Waals surface area contributed by atoms with Crippen molar-refractivity contribution in [3.8, 4) is 0 Å². The van der Waals surface area contributed by atoms with Gasteiger partial charge in [0.25, 0.3) is 5.91 Å². The molecule has 2 fully saturated rings. The van der Waals surface area contributed by atoms with E-state index in [0.29, 0.717) is 32.0 Å². The lowest BCUT2D eigenvalue weighted by Crippen LogP contribution is -2.37. The summed E-state index contributed by atoms with van der Waals surface area (Å²) in [4.78, 5) is 25.7. The van der Waals surface area contributed by atoms with Crippen LogP contribution >= 0.6 is 0 Å².